The summed E-state index contributed by atoms with van der Waals surface area (Å²) in [6.07, 6.45) is -3.33. The number of H-pyrrole nitrogens is 2. The van der Waals surface area contributed by atoms with Gasteiger partial charge in [-0.3, -0.25) is 9.89 Å². The Morgan fingerprint density at radius 2 is 1.96 bits per heavy atom. The van der Waals surface area contributed by atoms with E-state index in [2.05, 4.69) is 29.8 Å². The molecule has 0 amide bonds. The van der Waals surface area contributed by atoms with Crippen LogP contribution in [0.25, 0.3) is 22.3 Å². The standard InChI is InChI=1S/C16H10F3N5O2/c17-16(18,19)15-21-13(24-26-15)8-5-6-20-14(25)10(8)7-12-9-3-1-2-4-11(9)22-23-12/h1-6H,7H2,(H,20,25)(H,22,23). The van der Waals surface area contributed by atoms with E-state index in [1.807, 2.05) is 18.2 Å². The van der Waals surface area contributed by atoms with E-state index in [0.29, 0.717) is 5.69 Å². The Morgan fingerprint density at radius 3 is 2.73 bits per heavy atom. The van der Waals surface area contributed by atoms with Gasteiger partial charge in [-0.2, -0.15) is 23.3 Å². The van der Waals surface area contributed by atoms with Gasteiger partial charge in [0.1, 0.15) is 0 Å². The Hall–Kier alpha value is -3.43. The number of hydrogen-bond donors (Lipinski definition) is 2. The number of nitrogens with zero attached hydrogens (tertiary/aromatic N) is 3. The second-order valence-electron chi connectivity index (χ2n) is 5.52. The van der Waals surface area contributed by atoms with Crippen molar-refractivity contribution in [3.05, 3.63) is 64.0 Å². The topological polar surface area (TPSA) is 100 Å². The number of alkyl halides is 3. The first-order chi connectivity index (χ1) is 12.4. The van der Waals surface area contributed by atoms with Crippen molar-refractivity contribution in [2.24, 2.45) is 0 Å². The second-order valence-corrected chi connectivity index (χ2v) is 5.52. The highest BCUT2D eigenvalue weighted by atomic mass is 19.4. The fraction of sp³-hybridized carbons (Fsp3) is 0.125. The fourth-order valence-corrected chi connectivity index (χ4v) is 2.67. The summed E-state index contributed by atoms with van der Waals surface area (Å²) in [6, 6.07) is 8.72. The van der Waals surface area contributed by atoms with Crippen LogP contribution in [0.1, 0.15) is 17.1 Å². The molecule has 0 aliphatic rings. The first-order valence-electron chi connectivity index (χ1n) is 7.47. The van der Waals surface area contributed by atoms with Crippen molar-refractivity contribution in [1.29, 1.82) is 0 Å². The van der Waals surface area contributed by atoms with E-state index >= 15 is 0 Å². The van der Waals surface area contributed by atoms with Crippen molar-refractivity contribution >= 4 is 10.9 Å². The maximum absolute atomic E-state index is 12.7. The smallest absolute Gasteiger partial charge is 0.329 e. The molecule has 10 heteroatoms. The molecular weight excluding hydrogens is 351 g/mol. The molecule has 0 bridgehead atoms. The molecule has 0 atom stereocenters. The minimum atomic E-state index is -4.76. The third kappa shape index (κ3) is 2.75. The molecule has 2 N–H and O–H groups in total. The third-order valence-corrected chi connectivity index (χ3v) is 3.87. The van der Waals surface area contributed by atoms with Crippen molar-refractivity contribution in [2.75, 3.05) is 0 Å². The Morgan fingerprint density at radius 1 is 1.15 bits per heavy atom. The summed E-state index contributed by atoms with van der Waals surface area (Å²) in [5.74, 6) is -1.77. The summed E-state index contributed by atoms with van der Waals surface area (Å²) >= 11 is 0. The van der Waals surface area contributed by atoms with Crippen molar-refractivity contribution in [3.8, 4) is 11.4 Å². The van der Waals surface area contributed by atoms with Crippen LogP contribution in [0.2, 0.25) is 0 Å². The van der Waals surface area contributed by atoms with E-state index in [4.69, 9.17) is 0 Å². The van der Waals surface area contributed by atoms with Gasteiger partial charge in [-0.1, -0.05) is 23.4 Å². The molecule has 0 spiro atoms. The Kier molecular flexibility index (Phi) is 3.60. The minimum Gasteiger partial charge on any atom is -0.329 e. The number of nitrogens with one attached hydrogen (secondary N) is 2. The number of aromatic nitrogens is 5. The summed E-state index contributed by atoms with van der Waals surface area (Å²) in [6.45, 7) is 0. The minimum absolute atomic E-state index is 0.113. The number of aromatic amines is 2. The average molecular weight is 361 g/mol. The molecule has 0 unspecified atom stereocenters. The van der Waals surface area contributed by atoms with Crippen LogP contribution in [0.15, 0.2) is 45.8 Å². The first-order valence-corrected chi connectivity index (χ1v) is 7.47. The van der Waals surface area contributed by atoms with Crippen molar-refractivity contribution in [3.63, 3.8) is 0 Å². The number of fused-ring (bicyclic) bond motifs is 1. The van der Waals surface area contributed by atoms with Gasteiger partial charge in [-0.15, -0.1) is 0 Å². The van der Waals surface area contributed by atoms with Gasteiger partial charge >= 0.3 is 12.1 Å². The number of para-hydroxylation sites is 1. The summed E-state index contributed by atoms with van der Waals surface area (Å²) in [7, 11) is 0. The molecule has 4 rings (SSSR count). The summed E-state index contributed by atoms with van der Waals surface area (Å²) in [5, 5.41) is 11.2. The van der Waals surface area contributed by atoms with Crippen LogP contribution < -0.4 is 5.56 Å². The van der Waals surface area contributed by atoms with Gasteiger partial charge in [0.05, 0.1) is 5.52 Å². The predicted molar refractivity (Wildman–Crippen MR) is 84.3 cm³/mol. The largest absolute Gasteiger partial charge is 0.471 e. The SMILES string of the molecule is O=c1[nH]ccc(-c2noc(C(F)(F)F)n2)c1Cc1[nH]nc2ccccc12. The summed E-state index contributed by atoms with van der Waals surface area (Å²) in [4.78, 5) is 18.2. The van der Waals surface area contributed by atoms with Gasteiger partial charge in [0.25, 0.3) is 5.56 Å². The zero-order valence-corrected chi connectivity index (χ0v) is 13.0. The van der Waals surface area contributed by atoms with E-state index in [9.17, 15) is 18.0 Å². The quantitative estimate of drug-likeness (QED) is 0.584. The average Bonchev–Trinajstić information content (AvgIpc) is 3.24. The molecule has 3 aromatic heterocycles. The molecule has 0 aliphatic carbocycles. The number of benzene rings is 1. The number of halogens is 3. The maximum Gasteiger partial charge on any atom is 0.471 e. The summed E-state index contributed by atoms with van der Waals surface area (Å²) < 4.78 is 42.4. The van der Waals surface area contributed by atoms with Gasteiger partial charge in [-0.05, 0) is 12.1 Å². The van der Waals surface area contributed by atoms with Gasteiger partial charge in [0, 0.05) is 34.8 Å². The lowest BCUT2D eigenvalue weighted by Crippen LogP contribution is -2.14. The van der Waals surface area contributed by atoms with E-state index in [0.717, 1.165) is 10.9 Å². The van der Waals surface area contributed by atoms with Crippen LogP contribution in [0.3, 0.4) is 0 Å². The van der Waals surface area contributed by atoms with Gasteiger partial charge in [-0.25, -0.2) is 0 Å². The highest BCUT2D eigenvalue weighted by molar-refractivity contribution is 5.81. The number of rotatable bonds is 3. The highest BCUT2D eigenvalue weighted by Gasteiger charge is 2.38. The van der Waals surface area contributed by atoms with Crippen LogP contribution in [0, 0.1) is 0 Å². The molecule has 0 saturated carbocycles. The van der Waals surface area contributed by atoms with E-state index in [1.165, 1.54) is 12.3 Å². The van der Waals surface area contributed by atoms with Crippen LogP contribution in [0.4, 0.5) is 13.2 Å². The lowest BCUT2D eigenvalue weighted by molar-refractivity contribution is -0.159. The third-order valence-electron chi connectivity index (χ3n) is 3.87. The molecule has 26 heavy (non-hydrogen) atoms. The maximum atomic E-state index is 12.7. The zero-order valence-electron chi connectivity index (χ0n) is 13.0. The molecule has 3 heterocycles. The summed E-state index contributed by atoms with van der Waals surface area (Å²) in [5.41, 5.74) is 1.27. The van der Waals surface area contributed by atoms with Gasteiger partial charge in [0.15, 0.2) is 0 Å². The number of pyridine rings is 1. The molecule has 0 aliphatic heterocycles. The Labute approximate surface area is 142 Å². The van der Waals surface area contributed by atoms with E-state index in [-0.39, 0.29) is 23.4 Å². The van der Waals surface area contributed by atoms with E-state index in [1.54, 1.807) is 6.07 Å². The van der Waals surface area contributed by atoms with Gasteiger partial charge < -0.3 is 9.51 Å². The molecule has 0 saturated heterocycles. The van der Waals surface area contributed by atoms with Gasteiger partial charge in [0.2, 0.25) is 5.82 Å². The molecule has 1 aromatic carbocycles. The monoisotopic (exact) mass is 361 g/mol. The Bertz CT molecular complexity index is 1140. The molecule has 0 radical (unpaired) electrons. The zero-order chi connectivity index (χ0) is 18.3. The number of hydrogen-bond acceptors (Lipinski definition) is 5. The molecular formula is C16H10F3N5O2. The second kappa shape index (κ2) is 5.83. The molecule has 7 nitrogen and oxygen atoms in total. The van der Waals surface area contributed by atoms with Crippen molar-refractivity contribution in [2.45, 2.75) is 12.6 Å². The fourth-order valence-electron chi connectivity index (χ4n) is 2.67. The van der Waals surface area contributed by atoms with Crippen LogP contribution >= 0.6 is 0 Å². The van der Waals surface area contributed by atoms with Crippen LogP contribution in [0.5, 0.6) is 0 Å². The van der Waals surface area contributed by atoms with Crippen molar-refractivity contribution in [1.82, 2.24) is 25.3 Å². The van der Waals surface area contributed by atoms with E-state index < -0.39 is 17.6 Å². The molecule has 4 aromatic rings. The lowest BCUT2D eigenvalue weighted by atomic mass is 10.0. The van der Waals surface area contributed by atoms with Crippen LogP contribution in [-0.4, -0.2) is 25.3 Å². The lowest BCUT2D eigenvalue weighted by Gasteiger charge is -2.04. The van der Waals surface area contributed by atoms with Crippen LogP contribution in [-0.2, 0) is 12.6 Å². The normalized spacial score (nSPS) is 12.0. The van der Waals surface area contributed by atoms with Crippen molar-refractivity contribution < 1.29 is 17.7 Å². The molecule has 0 fully saturated rings. The Balaban J connectivity index is 1.80. The highest BCUT2D eigenvalue weighted by Crippen LogP contribution is 2.30. The predicted octanol–water partition coefficient (Wildman–Crippen LogP) is 2.91. The first kappa shape index (κ1) is 16.1. The molecule has 132 valence electrons.